The van der Waals surface area contributed by atoms with E-state index in [1.165, 1.54) is 0 Å². The van der Waals surface area contributed by atoms with Gasteiger partial charge in [0.15, 0.2) is 5.72 Å². The average Bonchev–Trinajstić information content (AvgIpc) is 2.53. The highest BCUT2D eigenvalue weighted by atomic mass is 32.1. The number of hydrazone groups is 1. The van der Waals surface area contributed by atoms with Crippen LogP contribution in [0.3, 0.4) is 0 Å². The Kier molecular flexibility index (Phi) is 3.26. The fourth-order valence-electron chi connectivity index (χ4n) is 2.04. The Balaban J connectivity index is 2.11. The molecule has 3 nitrogen and oxygen atoms in total. The summed E-state index contributed by atoms with van der Waals surface area (Å²) in [6.45, 7) is 3.64. The van der Waals surface area contributed by atoms with E-state index in [9.17, 15) is 5.11 Å². The van der Waals surface area contributed by atoms with Gasteiger partial charge in [0.25, 0.3) is 0 Å². The summed E-state index contributed by atoms with van der Waals surface area (Å²) in [7, 11) is 0. The van der Waals surface area contributed by atoms with Crippen LogP contribution in [0, 0.1) is 0 Å². The number of hydrogen-bond donors (Lipinski definition) is 1. The molecule has 1 aromatic rings. The lowest BCUT2D eigenvalue weighted by Gasteiger charge is -2.29. The van der Waals surface area contributed by atoms with Gasteiger partial charge in [-0.2, -0.15) is 5.10 Å². The van der Waals surface area contributed by atoms with Gasteiger partial charge in [0.2, 0.25) is 0 Å². The van der Waals surface area contributed by atoms with E-state index in [4.69, 9.17) is 12.2 Å². The Bertz CT molecular complexity index is 454. The molecule has 1 heterocycles. The van der Waals surface area contributed by atoms with Crippen molar-refractivity contribution in [1.29, 1.82) is 0 Å². The van der Waals surface area contributed by atoms with Gasteiger partial charge in [0.05, 0.1) is 0 Å². The molecule has 0 aliphatic carbocycles. The Morgan fingerprint density at radius 2 is 2.12 bits per heavy atom. The number of hydrogen-bond acceptors (Lipinski definition) is 3. The first-order valence-electron chi connectivity index (χ1n) is 5.62. The van der Waals surface area contributed by atoms with Crippen molar-refractivity contribution >= 4 is 22.9 Å². The number of rotatable bonds is 2. The third kappa shape index (κ3) is 2.70. The van der Waals surface area contributed by atoms with Gasteiger partial charge in [0.1, 0.15) is 4.99 Å². The highest BCUT2D eigenvalue weighted by Crippen LogP contribution is 2.25. The molecule has 0 amide bonds. The molecule has 0 fully saturated rings. The number of nitrogens with zero attached hydrogens (tertiary/aromatic N) is 2. The van der Waals surface area contributed by atoms with Gasteiger partial charge in [-0.25, -0.2) is 5.01 Å². The smallest absolute Gasteiger partial charge is 0.161 e. The van der Waals surface area contributed by atoms with E-state index in [0.717, 1.165) is 11.3 Å². The summed E-state index contributed by atoms with van der Waals surface area (Å²) in [5.41, 5.74) is 1.06. The van der Waals surface area contributed by atoms with Gasteiger partial charge >= 0.3 is 0 Å². The average molecular weight is 248 g/mol. The molecule has 0 saturated heterocycles. The first-order chi connectivity index (χ1) is 7.99. The maximum atomic E-state index is 10.2. The Morgan fingerprint density at radius 3 is 2.65 bits per heavy atom. The third-order valence-electron chi connectivity index (χ3n) is 2.75. The monoisotopic (exact) mass is 248 g/mol. The van der Waals surface area contributed by atoms with Gasteiger partial charge in [-0.05, 0) is 19.4 Å². The van der Waals surface area contributed by atoms with Gasteiger partial charge in [-0.1, -0.05) is 42.5 Å². The van der Waals surface area contributed by atoms with Crippen LogP contribution in [0.25, 0.3) is 0 Å². The van der Waals surface area contributed by atoms with Crippen LogP contribution in [-0.2, 0) is 6.42 Å². The Hall–Kier alpha value is -1.26. The highest BCUT2D eigenvalue weighted by molar-refractivity contribution is 7.80. The van der Waals surface area contributed by atoms with E-state index in [0.29, 0.717) is 17.8 Å². The third-order valence-corrected chi connectivity index (χ3v) is 3.07. The van der Waals surface area contributed by atoms with Crippen molar-refractivity contribution in [2.24, 2.45) is 5.10 Å². The molecule has 4 heteroatoms. The predicted octanol–water partition coefficient (Wildman–Crippen LogP) is 2.35. The van der Waals surface area contributed by atoms with Gasteiger partial charge in [0, 0.05) is 18.6 Å². The lowest BCUT2D eigenvalue weighted by Crippen LogP contribution is -2.43. The van der Waals surface area contributed by atoms with Crippen LogP contribution in [0.15, 0.2) is 35.4 Å². The second-order valence-electron chi connectivity index (χ2n) is 4.60. The zero-order valence-electron chi connectivity index (χ0n) is 10.1. The molecule has 0 radical (unpaired) electrons. The fraction of sp³-hybridized carbons (Fsp3) is 0.385. The molecular formula is C13H16N2OS. The number of aliphatic hydroxyl groups is 1. The SMILES string of the molecule is CC1=NN(C(=S)Cc2ccccc2)[C@](C)(O)C1. The van der Waals surface area contributed by atoms with Crippen molar-refractivity contribution in [3.05, 3.63) is 35.9 Å². The van der Waals surface area contributed by atoms with Crippen molar-refractivity contribution < 1.29 is 5.11 Å². The highest BCUT2D eigenvalue weighted by Gasteiger charge is 2.36. The normalized spacial score (nSPS) is 23.7. The molecule has 0 unspecified atom stereocenters. The molecule has 1 aliphatic heterocycles. The van der Waals surface area contributed by atoms with Crippen LogP contribution in [-0.4, -0.2) is 26.5 Å². The zero-order valence-corrected chi connectivity index (χ0v) is 10.9. The van der Waals surface area contributed by atoms with Gasteiger partial charge in [-0.3, -0.25) is 0 Å². The van der Waals surface area contributed by atoms with E-state index in [-0.39, 0.29) is 0 Å². The summed E-state index contributed by atoms with van der Waals surface area (Å²) in [4.78, 5) is 0.651. The molecule has 0 aromatic heterocycles. The van der Waals surface area contributed by atoms with Crippen LogP contribution in [0.2, 0.25) is 0 Å². The maximum absolute atomic E-state index is 10.2. The Labute approximate surface area is 107 Å². The van der Waals surface area contributed by atoms with Crippen molar-refractivity contribution in [1.82, 2.24) is 5.01 Å². The summed E-state index contributed by atoms with van der Waals surface area (Å²) in [5, 5.41) is 16.1. The fourth-order valence-corrected chi connectivity index (χ4v) is 2.45. The summed E-state index contributed by atoms with van der Waals surface area (Å²) < 4.78 is 0. The first-order valence-corrected chi connectivity index (χ1v) is 6.03. The molecule has 1 N–H and O–H groups in total. The lowest BCUT2D eigenvalue weighted by molar-refractivity contribution is -0.0322. The summed E-state index contributed by atoms with van der Waals surface area (Å²) in [6.07, 6.45) is 1.17. The van der Waals surface area contributed by atoms with Gasteiger partial charge < -0.3 is 5.11 Å². The van der Waals surface area contributed by atoms with Crippen LogP contribution in [0.5, 0.6) is 0 Å². The number of thiocarbonyl (C=S) groups is 1. The standard InChI is InChI=1S/C13H16N2OS/c1-10-9-13(2,16)15(14-10)12(17)8-11-6-4-3-5-7-11/h3-7,16H,8-9H2,1-2H3/t13-/m1/s1. The van der Waals surface area contributed by atoms with E-state index >= 15 is 0 Å². The summed E-state index contributed by atoms with van der Waals surface area (Å²) in [5.74, 6) is 0. The van der Waals surface area contributed by atoms with E-state index < -0.39 is 5.72 Å². The molecule has 2 rings (SSSR count). The molecule has 1 atom stereocenters. The summed E-state index contributed by atoms with van der Waals surface area (Å²) in [6, 6.07) is 9.98. The van der Waals surface area contributed by atoms with Crippen LogP contribution in [0.4, 0.5) is 0 Å². The minimum Gasteiger partial charge on any atom is -0.369 e. The second kappa shape index (κ2) is 4.55. The van der Waals surface area contributed by atoms with Crippen molar-refractivity contribution in [2.75, 3.05) is 0 Å². The second-order valence-corrected chi connectivity index (χ2v) is 5.07. The number of benzene rings is 1. The minimum absolute atomic E-state index is 0.544. The molecular weight excluding hydrogens is 232 g/mol. The van der Waals surface area contributed by atoms with Crippen molar-refractivity contribution in [2.45, 2.75) is 32.4 Å². The quantitative estimate of drug-likeness (QED) is 0.816. The first kappa shape index (κ1) is 12.2. The molecule has 1 aromatic carbocycles. The minimum atomic E-state index is -0.976. The topological polar surface area (TPSA) is 35.8 Å². The Morgan fingerprint density at radius 1 is 1.47 bits per heavy atom. The van der Waals surface area contributed by atoms with E-state index in [1.54, 1.807) is 11.9 Å². The molecule has 0 spiro atoms. The van der Waals surface area contributed by atoms with Crippen molar-refractivity contribution in [3.63, 3.8) is 0 Å². The molecule has 0 saturated carbocycles. The molecule has 0 bridgehead atoms. The lowest BCUT2D eigenvalue weighted by atomic mass is 10.1. The van der Waals surface area contributed by atoms with Crippen LogP contribution >= 0.6 is 12.2 Å². The van der Waals surface area contributed by atoms with E-state index in [1.807, 2.05) is 37.3 Å². The zero-order chi connectivity index (χ0) is 12.5. The molecule has 17 heavy (non-hydrogen) atoms. The van der Waals surface area contributed by atoms with E-state index in [2.05, 4.69) is 5.10 Å². The molecule has 1 aliphatic rings. The maximum Gasteiger partial charge on any atom is 0.161 e. The van der Waals surface area contributed by atoms with Crippen molar-refractivity contribution in [3.8, 4) is 0 Å². The van der Waals surface area contributed by atoms with Crippen LogP contribution < -0.4 is 0 Å². The largest absolute Gasteiger partial charge is 0.369 e. The predicted molar refractivity (Wildman–Crippen MR) is 72.9 cm³/mol. The summed E-state index contributed by atoms with van der Waals surface area (Å²) >= 11 is 5.36. The van der Waals surface area contributed by atoms with Crippen LogP contribution in [0.1, 0.15) is 25.8 Å². The van der Waals surface area contributed by atoms with Gasteiger partial charge in [-0.15, -0.1) is 0 Å². The molecule has 90 valence electrons.